The van der Waals surface area contributed by atoms with E-state index in [-0.39, 0.29) is 11.7 Å². The van der Waals surface area contributed by atoms with E-state index in [1.807, 2.05) is 13.8 Å². The number of aryl methyl sites for hydroxylation is 1. The first-order chi connectivity index (χ1) is 11.0. The molecule has 1 aromatic heterocycles. The molecule has 0 saturated heterocycles. The summed E-state index contributed by atoms with van der Waals surface area (Å²) in [6.45, 7) is 7.39. The third kappa shape index (κ3) is 4.48. The maximum atomic E-state index is 12.9. The van der Waals surface area contributed by atoms with Crippen molar-refractivity contribution in [3.63, 3.8) is 0 Å². The van der Waals surface area contributed by atoms with E-state index in [4.69, 9.17) is 0 Å². The molecule has 0 bridgehead atoms. The molecule has 5 nitrogen and oxygen atoms in total. The van der Waals surface area contributed by atoms with Gasteiger partial charge in [0.25, 0.3) is 5.91 Å². The molecule has 122 valence electrons. The minimum absolute atomic E-state index is 0.106. The molecular weight excluding hydrogens is 295 g/mol. The Hall–Kier alpha value is -2.50. The van der Waals surface area contributed by atoms with Crippen LogP contribution in [0.4, 0.5) is 10.2 Å². The highest BCUT2D eigenvalue weighted by molar-refractivity contribution is 5.93. The van der Waals surface area contributed by atoms with Gasteiger partial charge in [-0.1, -0.05) is 12.1 Å². The van der Waals surface area contributed by atoms with E-state index in [1.54, 1.807) is 30.0 Å². The predicted molar refractivity (Wildman–Crippen MR) is 87.7 cm³/mol. The van der Waals surface area contributed by atoms with Gasteiger partial charge < -0.3 is 10.2 Å². The largest absolute Gasteiger partial charge is 0.366 e. The van der Waals surface area contributed by atoms with Crippen molar-refractivity contribution in [2.45, 2.75) is 27.3 Å². The smallest absolute Gasteiger partial charge is 0.272 e. The molecule has 0 radical (unpaired) electrons. The van der Waals surface area contributed by atoms with Crippen molar-refractivity contribution in [1.82, 2.24) is 14.9 Å². The van der Waals surface area contributed by atoms with Gasteiger partial charge in [-0.25, -0.2) is 14.4 Å². The van der Waals surface area contributed by atoms with Gasteiger partial charge in [0.1, 0.15) is 23.2 Å². The normalized spacial score (nSPS) is 10.4. The second-order valence-corrected chi connectivity index (χ2v) is 5.14. The Balaban J connectivity index is 2.13. The van der Waals surface area contributed by atoms with Crippen molar-refractivity contribution in [3.8, 4) is 0 Å². The fourth-order valence-corrected chi connectivity index (χ4v) is 2.24. The SMILES string of the molecule is CCN(CC)C(=O)c1cc(NCc2ccc(F)cc2)nc(C)n1. The van der Waals surface area contributed by atoms with Gasteiger partial charge in [-0.05, 0) is 38.5 Å². The molecule has 23 heavy (non-hydrogen) atoms. The number of carbonyl (C=O) groups is 1. The molecule has 0 aliphatic carbocycles. The summed E-state index contributed by atoms with van der Waals surface area (Å²) in [6, 6.07) is 7.89. The molecule has 0 aliphatic heterocycles. The zero-order valence-corrected chi connectivity index (χ0v) is 13.6. The molecule has 0 unspecified atom stereocenters. The van der Waals surface area contributed by atoms with Crippen molar-refractivity contribution in [2.75, 3.05) is 18.4 Å². The van der Waals surface area contributed by atoms with Crippen LogP contribution in [0.1, 0.15) is 35.7 Å². The lowest BCUT2D eigenvalue weighted by Gasteiger charge is -2.18. The highest BCUT2D eigenvalue weighted by Gasteiger charge is 2.15. The van der Waals surface area contributed by atoms with Gasteiger partial charge in [-0.2, -0.15) is 0 Å². The highest BCUT2D eigenvalue weighted by atomic mass is 19.1. The molecule has 6 heteroatoms. The molecule has 0 fully saturated rings. The minimum Gasteiger partial charge on any atom is -0.366 e. The molecule has 0 spiro atoms. The van der Waals surface area contributed by atoms with Crippen LogP contribution in [-0.4, -0.2) is 33.9 Å². The lowest BCUT2D eigenvalue weighted by molar-refractivity contribution is 0.0766. The molecule has 0 aliphatic rings. The van der Waals surface area contributed by atoms with Crippen molar-refractivity contribution >= 4 is 11.7 Å². The number of carbonyl (C=O) groups excluding carboxylic acids is 1. The molecule has 1 aromatic carbocycles. The first-order valence-corrected chi connectivity index (χ1v) is 7.66. The zero-order valence-electron chi connectivity index (χ0n) is 13.6. The Morgan fingerprint density at radius 1 is 1.17 bits per heavy atom. The average molecular weight is 316 g/mol. The summed E-state index contributed by atoms with van der Waals surface area (Å²) in [5.74, 6) is 0.742. The van der Waals surface area contributed by atoms with Crippen molar-refractivity contribution < 1.29 is 9.18 Å². The zero-order chi connectivity index (χ0) is 16.8. The van der Waals surface area contributed by atoms with E-state index in [1.165, 1.54) is 12.1 Å². The van der Waals surface area contributed by atoms with Crippen molar-refractivity contribution in [1.29, 1.82) is 0 Å². The first-order valence-electron chi connectivity index (χ1n) is 7.66. The maximum Gasteiger partial charge on any atom is 0.272 e. The fourth-order valence-electron chi connectivity index (χ4n) is 2.24. The number of nitrogens with zero attached hydrogens (tertiary/aromatic N) is 3. The van der Waals surface area contributed by atoms with Crippen LogP contribution in [0.5, 0.6) is 0 Å². The second kappa shape index (κ2) is 7.67. The van der Waals surface area contributed by atoms with E-state index < -0.39 is 0 Å². The molecule has 1 N–H and O–H groups in total. The summed E-state index contributed by atoms with van der Waals surface area (Å²) >= 11 is 0. The number of nitrogens with one attached hydrogen (secondary N) is 1. The third-order valence-corrected chi connectivity index (χ3v) is 3.49. The second-order valence-electron chi connectivity index (χ2n) is 5.14. The number of amides is 1. The first kappa shape index (κ1) is 16.9. The van der Waals surface area contributed by atoms with Crippen LogP contribution < -0.4 is 5.32 Å². The number of anilines is 1. The van der Waals surface area contributed by atoms with Crippen molar-refractivity contribution in [3.05, 3.63) is 53.2 Å². The Morgan fingerprint density at radius 3 is 2.43 bits per heavy atom. The van der Waals surface area contributed by atoms with Crippen LogP contribution >= 0.6 is 0 Å². The summed E-state index contributed by atoms with van der Waals surface area (Å²) in [5.41, 5.74) is 1.31. The van der Waals surface area contributed by atoms with E-state index >= 15 is 0 Å². The van der Waals surface area contributed by atoms with Crippen LogP contribution in [0.2, 0.25) is 0 Å². The molecule has 0 saturated carbocycles. The van der Waals surface area contributed by atoms with Gasteiger partial charge in [-0.3, -0.25) is 4.79 Å². The van der Waals surface area contributed by atoms with Gasteiger partial charge in [0.15, 0.2) is 0 Å². The van der Waals surface area contributed by atoms with E-state index in [0.717, 1.165) is 5.56 Å². The number of halogens is 1. The molecule has 1 heterocycles. The monoisotopic (exact) mass is 316 g/mol. The lowest BCUT2D eigenvalue weighted by atomic mass is 10.2. The maximum absolute atomic E-state index is 12.9. The third-order valence-electron chi connectivity index (χ3n) is 3.49. The number of hydrogen-bond donors (Lipinski definition) is 1. The van der Waals surface area contributed by atoms with Crippen molar-refractivity contribution in [2.24, 2.45) is 0 Å². The summed E-state index contributed by atoms with van der Waals surface area (Å²) < 4.78 is 12.9. The van der Waals surface area contributed by atoms with Gasteiger partial charge >= 0.3 is 0 Å². The van der Waals surface area contributed by atoms with Gasteiger partial charge in [0.05, 0.1) is 0 Å². The number of aromatic nitrogens is 2. The van der Waals surface area contributed by atoms with Crippen LogP contribution in [0.3, 0.4) is 0 Å². The summed E-state index contributed by atoms with van der Waals surface area (Å²) in [4.78, 5) is 22.6. The van der Waals surface area contributed by atoms with Crippen LogP contribution in [0.25, 0.3) is 0 Å². The summed E-state index contributed by atoms with van der Waals surface area (Å²) in [5, 5.41) is 3.15. The molecule has 1 amide bonds. The predicted octanol–water partition coefficient (Wildman–Crippen LogP) is 3.02. The van der Waals surface area contributed by atoms with Crippen LogP contribution in [-0.2, 0) is 6.54 Å². The van der Waals surface area contributed by atoms with E-state index in [9.17, 15) is 9.18 Å². The quantitative estimate of drug-likeness (QED) is 0.890. The number of hydrogen-bond acceptors (Lipinski definition) is 4. The highest BCUT2D eigenvalue weighted by Crippen LogP contribution is 2.11. The van der Waals surface area contributed by atoms with Crippen LogP contribution in [0.15, 0.2) is 30.3 Å². The minimum atomic E-state index is -0.265. The molecule has 2 rings (SSSR count). The number of benzene rings is 1. The van der Waals surface area contributed by atoms with E-state index in [0.29, 0.717) is 37.0 Å². The molecule has 0 atom stereocenters. The molecular formula is C17H21FN4O. The summed E-state index contributed by atoms with van der Waals surface area (Å²) in [6.07, 6.45) is 0. The lowest BCUT2D eigenvalue weighted by Crippen LogP contribution is -2.31. The Morgan fingerprint density at radius 2 is 1.83 bits per heavy atom. The van der Waals surface area contributed by atoms with Gasteiger partial charge in [0.2, 0.25) is 0 Å². The summed E-state index contributed by atoms with van der Waals surface area (Å²) in [7, 11) is 0. The topological polar surface area (TPSA) is 58.1 Å². The average Bonchev–Trinajstić information content (AvgIpc) is 2.55. The van der Waals surface area contributed by atoms with Crippen LogP contribution in [0, 0.1) is 12.7 Å². The van der Waals surface area contributed by atoms with Gasteiger partial charge in [-0.15, -0.1) is 0 Å². The Bertz CT molecular complexity index is 669. The fraction of sp³-hybridized carbons (Fsp3) is 0.353. The molecule has 2 aromatic rings. The Labute approximate surface area is 135 Å². The van der Waals surface area contributed by atoms with E-state index in [2.05, 4.69) is 15.3 Å². The van der Waals surface area contributed by atoms with Gasteiger partial charge in [0, 0.05) is 25.7 Å². The standard InChI is InChI=1S/C17H21FN4O/c1-4-22(5-2)17(23)15-10-16(21-12(3)20-15)19-11-13-6-8-14(18)9-7-13/h6-10H,4-5,11H2,1-3H3,(H,19,20,21). The Kier molecular flexibility index (Phi) is 5.62. The number of rotatable bonds is 6.